The van der Waals surface area contributed by atoms with Crippen molar-refractivity contribution in [2.24, 2.45) is 0 Å². The average Bonchev–Trinajstić information content (AvgIpc) is 3.32. The van der Waals surface area contributed by atoms with Gasteiger partial charge in [0.1, 0.15) is 0 Å². The Bertz CT molecular complexity index is 2930. The lowest BCUT2D eigenvalue weighted by Gasteiger charge is -2.11. The molecule has 0 unspecified atom stereocenters. The molecule has 0 aliphatic rings. The summed E-state index contributed by atoms with van der Waals surface area (Å²) < 4.78 is 0. The average molecular weight is 771 g/mol. The largest absolute Gasteiger partial charge is 0.208 e. The quantitative estimate of drug-likeness (QED) is 0.153. The molecule has 0 N–H and O–H groups in total. The van der Waals surface area contributed by atoms with Gasteiger partial charge in [0.05, 0.1) is 0 Å². The zero-order valence-corrected chi connectivity index (χ0v) is 33.2. The fourth-order valence-corrected chi connectivity index (χ4v) is 7.39. The Hall–Kier alpha value is -7.96. The molecular formula is C54H38N6. The number of hydrogen-bond donors (Lipinski definition) is 0. The Morgan fingerprint density at radius 1 is 0.217 bits per heavy atom. The number of fused-ring (bicyclic) bond motifs is 1. The first-order valence-corrected chi connectivity index (χ1v) is 20.0. The van der Waals surface area contributed by atoms with Gasteiger partial charge in [-0.1, -0.05) is 181 Å². The van der Waals surface area contributed by atoms with Gasteiger partial charge in [-0.25, -0.2) is 29.9 Å². The molecule has 284 valence electrons. The van der Waals surface area contributed by atoms with E-state index in [2.05, 4.69) is 147 Å². The Labute approximate surface area is 349 Å². The third kappa shape index (κ3) is 7.58. The van der Waals surface area contributed by atoms with Gasteiger partial charge >= 0.3 is 0 Å². The van der Waals surface area contributed by atoms with E-state index >= 15 is 0 Å². The van der Waals surface area contributed by atoms with E-state index in [0.29, 0.717) is 34.9 Å². The molecule has 0 aliphatic carbocycles. The molecule has 60 heavy (non-hydrogen) atoms. The third-order valence-corrected chi connectivity index (χ3v) is 10.7. The monoisotopic (exact) mass is 770 g/mol. The Kier molecular flexibility index (Phi) is 9.56. The minimum absolute atomic E-state index is 0.629. The highest BCUT2D eigenvalue weighted by molar-refractivity contribution is 5.91. The second-order valence-electron chi connectivity index (χ2n) is 15.0. The number of aryl methyl sites for hydroxylation is 2. The van der Waals surface area contributed by atoms with Gasteiger partial charge in [0.2, 0.25) is 0 Å². The van der Waals surface area contributed by atoms with Crippen LogP contribution in [0, 0.1) is 13.8 Å². The highest BCUT2D eigenvalue weighted by Crippen LogP contribution is 2.33. The molecule has 8 aromatic carbocycles. The lowest BCUT2D eigenvalue weighted by molar-refractivity contribution is 1.07. The van der Waals surface area contributed by atoms with Gasteiger partial charge in [-0.15, -0.1) is 0 Å². The number of hydrogen-bond acceptors (Lipinski definition) is 6. The Morgan fingerprint density at radius 2 is 0.500 bits per heavy atom. The van der Waals surface area contributed by atoms with Crippen LogP contribution in [0.5, 0.6) is 0 Å². The summed E-state index contributed by atoms with van der Waals surface area (Å²) >= 11 is 0. The van der Waals surface area contributed by atoms with E-state index in [1.807, 2.05) is 60.7 Å². The van der Waals surface area contributed by atoms with E-state index in [-0.39, 0.29) is 0 Å². The van der Waals surface area contributed by atoms with Crippen molar-refractivity contribution in [2.75, 3.05) is 0 Å². The summed E-state index contributed by atoms with van der Waals surface area (Å²) in [6.45, 7) is 4.16. The van der Waals surface area contributed by atoms with Crippen LogP contribution >= 0.6 is 0 Å². The highest BCUT2D eigenvalue weighted by atomic mass is 15.0. The summed E-state index contributed by atoms with van der Waals surface area (Å²) in [6.07, 6.45) is 0. The minimum Gasteiger partial charge on any atom is -0.208 e. The Morgan fingerprint density at radius 3 is 0.883 bits per heavy atom. The second-order valence-corrected chi connectivity index (χ2v) is 15.0. The number of rotatable bonds is 8. The number of nitrogens with zero attached hydrogens (tertiary/aromatic N) is 6. The maximum Gasteiger partial charge on any atom is 0.164 e. The van der Waals surface area contributed by atoms with Gasteiger partial charge in [-0.05, 0) is 71.1 Å². The van der Waals surface area contributed by atoms with E-state index in [4.69, 9.17) is 29.9 Å². The first-order valence-electron chi connectivity index (χ1n) is 20.0. The van der Waals surface area contributed by atoms with E-state index in [1.54, 1.807) is 0 Å². The smallest absolute Gasteiger partial charge is 0.164 e. The van der Waals surface area contributed by atoms with Gasteiger partial charge in [0.25, 0.3) is 0 Å². The van der Waals surface area contributed by atoms with Gasteiger partial charge in [0, 0.05) is 33.4 Å². The summed E-state index contributed by atoms with van der Waals surface area (Å²) in [5, 5.41) is 2.30. The van der Waals surface area contributed by atoms with Crippen molar-refractivity contribution in [2.45, 2.75) is 13.8 Å². The standard InChI is InChI=1S/C54H38N6/c1-35-19-23-40(24-20-35)51-55-49(38-11-5-3-6-12-38)57-53(59-51)46-17-9-15-42(31-46)44-29-27-37-28-30-45(34-48(37)33-44)43-16-10-18-47(32-43)54-58-50(39-13-7-4-8-14-39)56-52(60-54)41-25-21-36(2)22-26-41/h3-34H,1-2H3. The molecule has 10 aromatic rings. The molecule has 0 saturated carbocycles. The first-order chi connectivity index (χ1) is 29.5. The topological polar surface area (TPSA) is 77.3 Å². The minimum atomic E-state index is 0.629. The van der Waals surface area contributed by atoms with Crippen LogP contribution in [0.25, 0.3) is 101 Å². The zero-order chi connectivity index (χ0) is 40.4. The van der Waals surface area contributed by atoms with Crippen molar-refractivity contribution in [1.82, 2.24) is 29.9 Å². The van der Waals surface area contributed by atoms with Crippen LogP contribution in [0.3, 0.4) is 0 Å². The van der Waals surface area contributed by atoms with Crippen molar-refractivity contribution in [3.05, 3.63) is 205 Å². The van der Waals surface area contributed by atoms with E-state index in [0.717, 1.165) is 66.4 Å². The van der Waals surface area contributed by atoms with Crippen LogP contribution < -0.4 is 0 Å². The van der Waals surface area contributed by atoms with Crippen LogP contribution in [0.1, 0.15) is 11.1 Å². The SMILES string of the molecule is Cc1ccc(-c2nc(-c3ccccc3)nc(-c3cccc(-c4ccc5ccc(-c6cccc(-c7nc(-c8ccccc8)nc(-c8ccc(C)cc8)n7)c6)cc5c4)c3)n2)cc1. The molecule has 2 aromatic heterocycles. The van der Waals surface area contributed by atoms with Gasteiger partial charge in [0.15, 0.2) is 34.9 Å². The molecule has 0 saturated heterocycles. The summed E-state index contributed by atoms with van der Waals surface area (Å²) in [7, 11) is 0. The lowest BCUT2D eigenvalue weighted by Crippen LogP contribution is -2.00. The molecule has 0 amide bonds. The zero-order valence-electron chi connectivity index (χ0n) is 33.2. The van der Waals surface area contributed by atoms with Crippen molar-refractivity contribution in [3.8, 4) is 90.6 Å². The fourth-order valence-electron chi connectivity index (χ4n) is 7.39. The van der Waals surface area contributed by atoms with E-state index in [1.165, 1.54) is 11.1 Å². The molecule has 10 rings (SSSR count). The summed E-state index contributed by atoms with van der Waals surface area (Å²) in [4.78, 5) is 29.8. The van der Waals surface area contributed by atoms with Crippen molar-refractivity contribution in [3.63, 3.8) is 0 Å². The molecule has 2 heterocycles. The molecular weight excluding hydrogens is 733 g/mol. The summed E-state index contributed by atoms with van der Waals surface area (Å²) in [5.74, 6) is 3.83. The molecule has 0 bridgehead atoms. The lowest BCUT2D eigenvalue weighted by atomic mass is 9.96. The molecule has 6 nitrogen and oxygen atoms in total. The van der Waals surface area contributed by atoms with Gasteiger partial charge in [-0.3, -0.25) is 0 Å². The molecule has 6 heteroatoms. The maximum atomic E-state index is 5.00. The first kappa shape index (κ1) is 36.4. The second kappa shape index (κ2) is 15.8. The number of benzene rings is 8. The van der Waals surface area contributed by atoms with Crippen molar-refractivity contribution < 1.29 is 0 Å². The number of aromatic nitrogens is 6. The molecule has 0 spiro atoms. The van der Waals surface area contributed by atoms with Crippen molar-refractivity contribution in [1.29, 1.82) is 0 Å². The summed E-state index contributed by atoms with van der Waals surface area (Å²) in [5.41, 5.74) is 12.4. The van der Waals surface area contributed by atoms with Crippen molar-refractivity contribution >= 4 is 10.8 Å². The molecule has 0 aliphatic heterocycles. The van der Waals surface area contributed by atoms with Crippen LogP contribution in [0.2, 0.25) is 0 Å². The van der Waals surface area contributed by atoms with E-state index < -0.39 is 0 Å². The molecule has 0 radical (unpaired) electrons. The normalized spacial score (nSPS) is 11.2. The highest BCUT2D eigenvalue weighted by Gasteiger charge is 2.15. The third-order valence-electron chi connectivity index (χ3n) is 10.7. The molecule has 0 atom stereocenters. The predicted molar refractivity (Wildman–Crippen MR) is 244 cm³/mol. The van der Waals surface area contributed by atoms with Crippen LogP contribution in [-0.4, -0.2) is 29.9 Å². The van der Waals surface area contributed by atoms with Gasteiger partial charge < -0.3 is 0 Å². The maximum absolute atomic E-state index is 5.00. The Balaban J connectivity index is 1.00. The van der Waals surface area contributed by atoms with Gasteiger partial charge in [-0.2, -0.15) is 0 Å². The van der Waals surface area contributed by atoms with E-state index in [9.17, 15) is 0 Å². The summed E-state index contributed by atoms with van der Waals surface area (Å²) in [6, 6.07) is 66.9. The van der Waals surface area contributed by atoms with Crippen LogP contribution in [0.4, 0.5) is 0 Å². The molecule has 0 fully saturated rings. The fraction of sp³-hybridized carbons (Fsp3) is 0.0370. The predicted octanol–water partition coefficient (Wildman–Crippen LogP) is 13.2. The van der Waals surface area contributed by atoms with Crippen LogP contribution in [-0.2, 0) is 0 Å². The van der Waals surface area contributed by atoms with Crippen LogP contribution in [0.15, 0.2) is 194 Å².